The largest absolute Gasteiger partial charge is 0.432 e. The van der Waals surface area contributed by atoms with E-state index in [2.05, 4.69) is 41.1 Å². The monoisotopic (exact) mass is 252 g/mol. The van der Waals surface area contributed by atoms with E-state index in [9.17, 15) is 0 Å². The predicted molar refractivity (Wildman–Crippen MR) is 72.8 cm³/mol. The van der Waals surface area contributed by atoms with Crippen LogP contribution >= 0.6 is 0 Å². The van der Waals surface area contributed by atoms with Gasteiger partial charge in [-0.05, 0) is 33.0 Å². The minimum absolute atomic E-state index is 0.509. The first-order valence-electron chi connectivity index (χ1n) is 6.77. The lowest BCUT2D eigenvalue weighted by atomic mass is 10.1. The average Bonchev–Trinajstić information content (AvgIpc) is 2.84. The van der Waals surface area contributed by atoms with Crippen molar-refractivity contribution in [2.24, 2.45) is 0 Å². The molecule has 0 spiro atoms. The van der Waals surface area contributed by atoms with E-state index in [4.69, 9.17) is 4.42 Å². The zero-order valence-corrected chi connectivity index (χ0v) is 11.6. The first-order valence-corrected chi connectivity index (χ1v) is 6.77. The molecule has 0 amide bonds. The molecule has 18 heavy (non-hydrogen) atoms. The van der Waals surface area contributed by atoms with Crippen molar-refractivity contribution in [2.45, 2.75) is 32.4 Å². The summed E-state index contributed by atoms with van der Waals surface area (Å²) in [6.07, 6.45) is 4.21. The lowest BCUT2D eigenvalue weighted by molar-refractivity contribution is 0.244. The molecule has 0 aromatic carbocycles. The van der Waals surface area contributed by atoms with Crippen LogP contribution in [0, 0.1) is 0 Å². The molecule has 1 aromatic heterocycles. The third-order valence-corrected chi connectivity index (χ3v) is 3.54. The van der Waals surface area contributed by atoms with Gasteiger partial charge in [-0.3, -0.25) is 0 Å². The average molecular weight is 252 g/mol. The van der Waals surface area contributed by atoms with Gasteiger partial charge in [0.1, 0.15) is 6.26 Å². The van der Waals surface area contributed by atoms with Crippen molar-refractivity contribution in [2.75, 3.05) is 38.6 Å². The first kappa shape index (κ1) is 13.4. The highest BCUT2D eigenvalue weighted by atomic mass is 16.4. The quantitative estimate of drug-likeness (QED) is 0.856. The van der Waals surface area contributed by atoms with Gasteiger partial charge in [0, 0.05) is 26.2 Å². The molecule has 0 saturated carbocycles. The van der Waals surface area contributed by atoms with Gasteiger partial charge in [-0.2, -0.15) is 4.98 Å². The fourth-order valence-electron chi connectivity index (χ4n) is 2.40. The zero-order chi connectivity index (χ0) is 13.0. The van der Waals surface area contributed by atoms with Crippen molar-refractivity contribution in [1.82, 2.24) is 15.2 Å². The Morgan fingerprint density at radius 2 is 2.44 bits per heavy atom. The summed E-state index contributed by atoms with van der Waals surface area (Å²) in [6, 6.07) is 1.25. The van der Waals surface area contributed by atoms with Crippen molar-refractivity contribution in [3.05, 3.63) is 12.0 Å². The van der Waals surface area contributed by atoms with Crippen LogP contribution in [-0.4, -0.2) is 49.7 Å². The molecule has 5 nitrogen and oxygen atoms in total. The second kappa shape index (κ2) is 6.20. The number of nitrogens with one attached hydrogen (secondary N) is 1. The van der Waals surface area contributed by atoms with Gasteiger partial charge in [0.15, 0.2) is 0 Å². The van der Waals surface area contributed by atoms with Gasteiger partial charge in [-0.1, -0.05) is 6.92 Å². The van der Waals surface area contributed by atoms with Crippen LogP contribution in [0.3, 0.4) is 0 Å². The fourth-order valence-corrected chi connectivity index (χ4v) is 2.40. The number of nitrogens with zero attached hydrogens (tertiary/aromatic N) is 3. The molecule has 1 atom stereocenters. The Morgan fingerprint density at radius 3 is 3.17 bits per heavy atom. The number of anilines is 1. The van der Waals surface area contributed by atoms with E-state index in [1.165, 1.54) is 19.4 Å². The Morgan fingerprint density at radius 1 is 1.61 bits per heavy atom. The summed E-state index contributed by atoms with van der Waals surface area (Å²) in [5.41, 5.74) is 0.975. The van der Waals surface area contributed by atoms with Crippen LogP contribution in [0.1, 0.15) is 25.5 Å². The number of likely N-dealkylation sites (tertiary alicyclic amines) is 1. The third-order valence-electron chi connectivity index (χ3n) is 3.54. The van der Waals surface area contributed by atoms with Crippen molar-refractivity contribution in [1.29, 1.82) is 0 Å². The van der Waals surface area contributed by atoms with Gasteiger partial charge in [0.2, 0.25) is 0 Å². The van der Waals surface area contributed by atoms with Crippen LogP contribution < -0.4 is 10.2 Å². The predicted octanol–water partition coefficient (Wildman–Crippen LogP) is 1.31. The standard InChI is InChI=1S/C13H24N4O/c1-4-14-8-11-10-18-13(15-11)17(3)12-6-5-7-16(2)9-12/h10,12,14H,4-9H2,1-3H3. The molecule has 1 saturated heterocycles. The molecular formula is C13H24N4O. The second-order valence-electron chi connectivity index (χ2n) is 5.07. The molecule has 1 unspecified atom stereocenters. The normalized spacial score (nSPS) is 21.2. The minimum atomic E-state index is 0.509. The summed E-state index contributed by atoms with van der Waals surface area (Å²) < 4.78 is 5.57. The van der Waals surface area contributed by atoms with Gasteiger partial charge in [0.05, 0.1) is 5.69 Å². The summed E-state index contributed by atoms with van der Waals surface area (Å²) >= 11 is 0. The molecule has 1 aliphatic rings. The van der Waals surface area contributed by atoms with Crippen molar-refractivity contribution in [3.8, 4) is 0 Å². The number of rotatable bonds is 5. The van der Waals surface area contributed by atoms with Crippen molar-refractivity contribution >= 4 is 6.01 Å². The van der Waals surface area contributed by atoms with Gasteiger partial charge >= 0.3 is 0 Å². The molecule has 1 aromatic rings. The van der Waals surface area contributed by atoms with E-state index in [1.807, 2.05) is 0 Å². The minimum Gasteiger partial charge on any atom is -0.432 e. The summed E-state index contributed by atoms with van der Waals surface area (Å²) in [5, 5.41) is 3.25. The van der Waals surface area contributed by atoms with Gasteiger partial charge < -0.3 is 19.5 Å². The topological polar surface area (TPSA) is 44.5 Å². The molecular weight excluding hydrogens is 228 g/mol. The van der Waals surface area contributed by atoms with Crippen molar-refractivity contribution in [3.63, 3.8) is 0 Å². The Labute approximate surface area is 109 Å². The van der Waals surface area contributed by atoms with E-state index >= 15 is 0 Å². The Bertz CT molecular complexity index is 366. The number of likely N-dealkylation sites (N-methyl/N-ethyl adjacent to an activating group) is 2. The van der Waals surface area contributed by atoms with E-state index in [-0.39, 0.29) is 0 Å². The van der Waals surface area contributed by atoms with Crippen molar-refractivity contribution < 1.29 is 4.42 Å². The first-order chi connectivity index (χ1) is 8.70. The van der Waals surface area contributed by atoms with Crippen LogP contribution in [0.25, 0.3) is 0 Å². The number of aromatic nitrogens is 1. The second-order valence-corrected chi connectivity index (χ2v) is 5.07. The Balaban J connectivity index is 1.95. The van der Waals surface area contributed by atoms with Crippen LogP contribution in [0.2, 0.25) is 0 Å². The summed E-state index contributed by atoms with van der Waals surface area (Å²) in [4.78, 5) is 9.07. The lowest BCUT2D eigenvalue weighted by Crippen LogP contribution is -2.45. The summed E-state index contributed by atoms with van der Waals surface area (Å²) in [5.74, 6) is 0. The highest BCUT2D eigenvalue weighted by Crippen LogP contribution is 2.20. The van der Waals surface area contributed by atoms with E-state index in [0.717, 1.165) is 31.3 Å². The van der Waals surface area contributed by atoms with E-state index in [1.54, 1.807) is 6.26 Å². The number of piperidine rings is 1. The fraction of sp³-hybridized carbons (Fsp3) is 0.769. The molecule has 0 bridgehead atoms. The third kappa shape index (κ3) is 3.23. The molecule has 1 aliphatic heterocycles. The zero-order valence-electron chi connectivity index (χ0n) is 11.6. The maximum atomic E-state index is 5.57. The summed E-state index contributed by atoms with van der Waals surface area (Å²) in [6.45, 7) is 6.10. The maximum Gasteiger partial charge on any atom is 0.297 e. The van der Waals surface area contributed by atoms with Crippen LogP contribution in [0.5, 0.6) is 0 Å². The van der Waals surface area contributed by atoms with Crippen LogP contribution in [-0.2, 0) is 6.54 Å². The number of hydrogen-bond acceptors (Lipinski definition) is 5. The summed E-state index contributed by atoms with van der Waals surface area (Å²) in [7, 11) is 4.25. The Kier molecular flexibility index (Phi) is 4.60. The highest BCUT2D eigenvalue weighted by molar-refractivity contribution is 5.28. The van der Waals surface area contributed by atoms with Crippen LogP contribution in [0.15, 0.2) is 10.7 Å². The van der Waals surface area contributed by atoms with Gasteiger partial charge in [-0.25, -0.2) is 0 Å². The number of oxazole rings is 1. The maximum absolute atomic E-state index is 5.57. The molecule has 1 N–H and O–H groups in total. The smallest absolute Gasteiger partial charge is 0.297 e. The molecule has 2 rings (SSSR count). The SMILES string of the molecule is CCNCc1coc(N(C)C2CCCN(C)C2)n1. The molecule has 0 radical (unpaired) electrons. The van der Waals surface area contributed by atoms with Gasteiger partial charge in [0.25, 0.3) is 6.01 Å². The van der Waals surface area contributed by atoms with Crippen LogP contribution in [0.4, 0.5) is 6.01 Å². The van der Waals surface area contributed by atoms with E-state index < -0.39 is 0 Å². The van der Waals surface area contributed by atoms with Gasteiger partial charge in [-0.15, -0.1) is 0 Å². The Hall–Kier alpha value is -1.07. The molecule has 1 fully saturated rings. The lowest BCUT2D eigenvalue weighted by Gasteiger charge is -2.34. The molecule has 2 heterocycles. The van der Waals surface area contributed by atoms with E-state index in [0.29, 0.717) is 6.04 Å². The highest BCUT2D eigenvalue weighted by Gasteiger charge is 2.23. The number of hydrogen-bond donors (Lipinski definition) is 1. The molecule has 5 heteroatoms. The molecule has 0 aliphatic carbocycles. The molecule has 102 valence electrons.